The fourth-order valence-electron chi connectivity index (χ4n) is 5.14. The first-order chi connectivity index (χ1) is 10.5. The summed E-state index contributed by atoms with van der Waals surface area (Å²) < 4.78 is 5.39. The molecule has 0 saturated heterocycles. The lowest BCUT2D eigenvalue weighted by Gasteiger charge is -2.47. The lowest BCUT2D eigenvalue weighted by Crippen LogP contribution is -2.40. The van der Waals surface area contributed by atoms with Crippen LogP contribution in [0.25, 0.3) is 0 Å². The fourth-order valence-corrected chi connectivity index (χ4v) is 5.14. The van der Waals surface area contributed by atoms with Gasteiger partial charge in [0.05, 0.1) is 7.11 Å². The van der Waals surface area contributed by atoms with E-state index >= 15 is 0 Å². The van der Waals surface area contributed by atoms with Crippen molar-refractivity contribution in [2.45, 2.75) is 57.8 Å². The van der Waals surface area contributed by atoms with Crippen molar-refractivity contribution in [3.63, 3.8) is 0 Å². The van der Waals surface area contributed by atoms with E-state index in [1.165, 1.54) is 16.7 Å². The number of fused-ring (bicyclic) bond motifs is 4. The van der Waals surface area contributed by atoms with Crippen LogP contribution in [-0.4, -0.2) is 12.9 Å². The standard InChI is InChI=1S/C20H24O2/c1-19-10-11-20(2)17(8-9-18(20)21)16(19)6-4-13-12-14(22-3)5-7-15(13)19/h5,7,12H,4,6,8-11H2,1-3H3/t19-,20-/m0/s1. The molecule has 3 aliphatic rings. The van der Waals surface area contributed by atoms with Gasteiger partial charge in [-0.1, -0.05) is 24.1 Å². The van der Waals surface area contributed by atoms with Gasteiger partial charge in [0.15, 0.2) is 0 Å². The first kappa shape index (κ1) is 14.0. The van der Waals surface area contributed by atoms with Crippen molar-refractivity contribution in [2.75, 3.05) is 7.11 Å². The Morgan fingerprint density at radius 3 is 2.41 bits per heavy atom. The van der Waals surface area contributed by atoms with Crippen molar-refractivity contribution < 1.29 is 9.53 Å². The second-order valence-electron chi connectivity index (χ2n) is 7.57. The van der Waals surface area contributed by atoms with Gasteiger partial charge in [-0.05, 0) is 62.3 Å². The highest BCUT2D eigenvalue weighted by atomic mass is 16.5. The summed E-state index contributed by atoms with van der Waals surface area (Å²) in [5.74, 6) is 1.42. The van der Waals surface area contributed by atoms with E-state index in [-0.39, 0.29) is 10.8 Å². The van der Waals surface area contributed by atoms with E-state index in [4.69, 9.17) is 4.74 Å². The highest BCUT2D eigenvalue weighted by Crippen LogP contribution is 2.58. The summed E-state index contributed by atoms with van der Waals surface area (Å²) in [6.45, 7) is 4.58. The van der Waals surface area contributed by atoms with Crippen LogP contribution < -0.4 is 4.74 Å². The van der Waals surface area contributed by atoms with E-state index in [0.29, 0.717) is 5.78 Å². The Balaban J connectivity index is 1.89. The topological polar surface area (TPSA) is 26.3 Å². The van der Waals surface area contributed by atoms with Gasteiger partial charge < -0.3 is 4.74 Å². The number of carbonyl (C=O) groups is 1. The SMILES string of the molecule is COc1ccc2c(c1)CCC1=C3CCC(=O)[C@@]3(C)CC[C@]12C. The molecule has 0 bridgehead atoms. The number of benzene rings is 1. The first-order valence-corrected chi connectivity index (χ1v) is 8.43. The minimum atomic E-state index is -0.154. The summed E-state index contributed by atoms with van der Waals surface area (Å²) in [6.07, 6.45) is 6.02. The maximum absolute atomic E-state index is 12.4. The molecule has 1 aromatic carbocycles. The second kappa shape index (κ2) is 4.47. The molecule has 2 atom stereocenters. The molecule has 1 saturated carbocycles. The van der Waals surface area contributed by atoms with Crippen molar-refractivity contribution in [3.8, 4) is 5.75 Å². The molecular weight excluding hydrogens is 272 g/mol. The third kappa shape index (κ3) is 1.64. The van der Waals surface area contributed by atoms with Crippen LogP contribution in [0.4, 0.5) is 0 Å². The number of allylic oxidation sites excluding steroid dienone is 2. The summed E-state index contributed by atoms with van der Waals surface area (Å²) in [5, 5.41) is 0. The zero-order chi connectivity index (χ0) is 15.5. The van der Waals surface area contributed by atoms with Gasteiger partial charge in [-0.2, -0.15) is 0 Å². The number of hydrogen-bond donors (Lipinski definition) is 0. The molecule has 4 rings (SSSR count). The van der Waals surface area contributed by atoms with E-state index < -0.39 is 0 Å². The summed E-state index contributed by atoms with van der Waals surface area (Å²) in [4.78, 5) is 12.4. The Bertz CT molecular complexity index is 700. The molecule has 0 unspecified atom stereocenters. The normalized spacial score (nSPS) is 33.3. The summed E-state index contributed by atoms with van der Waals surface area (Å²) in [7, 11) is 1.73. The molecule has 1 fully saturated rings. The van der Waals surface area contributed by atoms with Crippen LogP contribution in [0, 0.1) is 5.41 Å². The molecule has 2 nitrogen and oxygen atoms in total. The molecule has 0 N–H and O–H groups in total. The van der Waals surface area contributed by atoms with Gasteiger partial charge in [-0.25, -0.2) is 0 Å². The maximum atomic E-state index is 12.4. The average molecular weight is 296 g/mol. The average Bonchev–Trinajstić information content (AvgIpc) is 2.82. The lowest BCUT2D eigenvalue weighted by atomic mass is 9.56. The Morgan fingerprint density at radius 2 is 1.64 bits per heavy atom. The number of methoxy groups -OCH3 is 1. The molecule has 116 valence electrons. The molecule has 22 heavy (non-hydrogen) atoms. The van der Waals surface area contributed by atoms with Gasteiger partial charge in [-0.15, -0.1) is 0 Å². The molecule has 1 aromatic rings. The minimum Gasteiger partial charge on any atom is -0.497 e. The molecule has 0 amide bonds. The van der Waals surface area contributed by atoms with Crippen LogP contribution in [0.3, 0.4) is 0 Å². The van der Waals surface area contributed by atoms with Crippen LogP contribution in [0.2, 0.25) is 0 Å². The Labute approximate surface area is 132 Å². The summed E-state index contributed by atoms with van der Waals surface area (Å²) in [5.41, 5.74) is 5.91. The second-order valence-corrected chi connectivity index (χ2v) is 7.57. The van der Waals surface area contributed by atoms with Gasteiger partial charge in [0.25, 0.3) is 0 Å². The van der Waals surface area contributed by atoms with E-state index in [9.17, 15) is 4.79 Å². The number of rotatable bonds is 1. The van der Waals surface area contributed by atoms with Crippen LogP contribution in [0.15, 0.2) is 29.3 Å². The quantitative estimate of drug-likeness (QED) is 0.720. The molecule has 0 radical (unpaired) electrons. The molecule has 0 aliphatic heterocycles. The van der Waals surface area contributed by atoms with Crippen molar-refractivity contribution in [2.24, 2.45) is 5.41 Å². The molecule has 3 aliphatic carbocycles. The third-order valence-electron chi connectivity index (χ3n) is 6.59. The largest absolute Gasteiger partial charge is 0.497 e. The first-order valence-electron chi connectivity index (χ1n) is 8.43. The van der Waals surface area contributed by atoms with Crippen LogP contribution in [0.5, 0.6) is 5.75 Å². The van der Waals surface area contributed by atoms with E-state index in [1.54, 1.807) is 12.7 Å². The molecular formula is C20H24O2. The minimum absolute atomic E-state index is 0.124. The predicted molar refractivity (Wildman–Crippen MR) is 87.3 cm³/mol. The molecule has 0 spiro atoms. The monoisotopic (exact) mass is 296 g/mol. The number of aryl methyl sites for hydroxylation is 1. The lowest BCUT2D eigenvalue weighted by molar-refractivity contribution is -0.124. The Hall–Kier alpha value is -1.57. The smallest absolute Gasteiger partial charge is 0.143 e. The Morgan fingerprint density at radius 1 is 0.955 bits per heavy atom. The van der Waals surface area contributed by atoms with Crippen molar-refractivity contribution in [1.29, 1.82) is 0 Å². The van der Waals surface area contributed by atoms with Gasteiger partial charge in [-0.3, -0.25) is 4.79 Å². The highest BCUT2D eigenvalue weighted by Gasteiger charge is 2.51. The number of Topliss-reactive ketones (excluding diaryl/α,β-unsaturated/α-hetero) is 1. The van der Waals surface area contributed by atoms with Crippen molar-refractivity contribution >= 4 is 5.78 Å². The summed E-state index contributed by atoms with van der Waals surface area (Å²) in [6, 6.07) is 6.55. The van der Waals surface area contributed by atoms with Gasteiger partial charge in [0.1, 0.15) is 11.5 Å². The van der Waals surface area contributed by atoms with Crippen molar-refractivity contribution in [1.82, 2.24) is 0 Å². The third-order valence-corrected chi connectivity index (χ3v) is 6.59. The number of ether oxygens (including phenoxy) is 1. The molecule has 0 aromatic heterocycles. The fraction of sp³-hybridized carbons (Fsp3) is 0.550. The highest BCUT2D eigenvalue weighted by molar-refractivity contribution is 5.91. The summed E-state index contributed by atoms with van der Waals surface area (Å²) >= 11 is 0. The molecule has 2 heteroatoms. The predicted octanol–water partition coefficient (Wildman–Crippen LogP) is 4.36. The van der Waals surface area contributed by atoms with Crippen LogP contribution in [0.1, 0.15) is 57.1 Å². The number of carbonyl (C=O) groups excluding carboxylic acids is 1. The van der Waals surface area contributed by atoms with E-state index in [1.807, 2.05) is 0 Å². The number of hydrogen-bond acceptors (Lipinski definition) is 2. The van der Waals surface area contributed by atoms with Crippen molar-refractivity contribution in [3.05, 3.63) is 40.5 Å². The van der Waals surface area contributed by atoms with Crippen LogP contribution in [-0.2, 0) is 16.6 Å². The zero-order valence-electron chi connectivity index (χ0n) is 13.8. The Kier molecular flexibility index (Phi) is 2.85. The van der Waals surface area contributed by atoms with Crippen LogP contribution >= 0.6 is 0 Å². The molecule has 0 heterocycles. The van der Waals surface area contributed by atoms with E-state index in [0.717, 1.165) is 44.3 Å². The number of ketones is 1. The maximum Gasteiger partial charge on any atom is 0.143 e. The van der Waals surface area contributed by atoms with Gasteiger partial charge >= 0.3 is 0 Å². The van der Waals surface area contributed by atoms with Gasteiger partial charge in [0, 0.05) is 17.3 Å². The zero-order valence-corrected chi connectivity index (χ0v) is 13.8. The van der Waals surface area contributed by atoms with E-state index in [2.05, 4.69) is 32.0 Å². The van der Waals surface area contributed by atoms with Gasteiger partial charge in [0.2, 0.25) is 0 Å².